The summed E-state index contributed by atoms with van der Waals surface area (Å²) in [4.78, 5) is 17.7. The van der Waals surface area contributed by atoms with Gasteiger partial charge in [0.25, 0.3) is 5.91 Å². The first-order valence-electron chi connectivity index (χ1n) is 10.1. The van der Waals surface area contributed by atoms with Crippen LogP contribution in [0, 0.1) is 0 Å². The Labute approximate surface area is 212 Å². The van der Waals surface area contributed by atoms with Gasteiger partial charge in [0, 0.05) is 43.1 Å². The molecule has 9 nitrogen and oxygen atoms in total. The second-order valence-corrected chi connectivity index (χ2v) is 9.59. The molecule has 1 fully saturated rings. The molecule has 1 aliphatic heterocycles. The predicted molar refractivity (Wildman–Crippen MR) is 141 cm³/mol. The lowest BCUT2D eigenvalue weighted by molar-refractivity contribution is -0.114. The Hall–Kier alpha value is -2.63. The van der Waals surface area contributed by atoms with Crippen LogP contribution in [-0.2, 0) is 14.8 Å². The molecule has 0 radical (unpaired) electrons. The third-order valence-corrected chi connectivity index (χ3v) is 7.02. The molecule has 0 atom stereocenters. The molecule has 1 saturated heterocycles. The van der Waals surface area contributed by atoms with Crippen LogP contribution in [0.25, 0.3) is 6.08 Å². The van der Waals surface area contributed by atoms with E-state index in [1.54, 1.807) is 37.3 Å². The number of piperazine rings is 1. The molecule has 12 heteroatoms. The van der Waals surface area contributed by atoms with Gasteiger partial charge in [-0.2, -0.15) is 9.30 Å². The molecule has 1 amide bonds. The number of anilines is 2. The SMILES string of the molecule is C/C(=C\c1ccc(Nc2ccc(S(=O)(=O)N3CCN(C)CC3)cc2)cc1)C(=O)N=C(N)N.Cl.Cl. The zero-order valence-corrected chi connectivity index (χ0v) is 21.4. The van der Waals surface area contributed by atoms with Gasteiger partial charge in [0.05, 0.1) is 4.90 Å². The van der Waals surface area contributed by atoms with Crippen LogP contribution in [0.2, 0.25) is 0 Å². The summed E-state index contributed by atoms with van der Waals surface area (Å²) in [6.07, 6.45) is 1.69. The molecule has 2 aromatic carbocycles. The maximum atomic E-state index is 12.8. The first-order chi connectivity index (χ1) is 15.1. The van der Waals surface area contributed by atoms with Crippen LogP contribution in [0.5, 0.6) is 0 Å². The normalized spacial score (nSPS) is 14.9. The lowest BCUT2D eigenvalue weighted by Gasteiger charge is -2.31. The van der Waals surface area contributed by atoms with E-state index < -0.39 is 15.9 Å². The Balaban J connectivity index is 0.00000289. The van der Waals surface area contributed by atoms with E-state index in [2.05, 4.69) is 15.2 Å². The van der Waals surface area contributed by atoms with Gasteiger partial charge in [0.2, 0.25) is 10.0 Å². The van der Waals surface area contributed by atoms with Crippen LogP contribution in [-0.4, -0.2) is 62.7 Å². The summed E-state index contributed by atoms with van der Waals surface area (Å²) in [6.45, 7) is 4.09. The average molecular weight is 529 g/mol. The van der Waals surface area contributed by atoms with Gasteiger partial charge in [-0.15, -0.1) is 24.8 Å². The number of hydrogen-bond acceptors (Lipinski definition) is 5. The van der Waals surface area contributed by atoms with E-state index in [4.69, 9.17) is 11.5 Å². The summed E-state index contributed by atoms with van der Waals surface area (Å²) in [5.41, 5.74) is 13.3. The molecule has 0 aliphatic carbocycles. The van der Waals surface area contributed by atoms with Crippen LogP contribution < -0.4 is 16.8 Å². The number of halogens is 2. The van der Waals surface area contributed by atoms with Crippen LogP contribution in [0.1, 0.15) is 12.5 Å². The molecule has 0 aromatic heterocycles. The van der Waals surface area contributed by atoms with Gasteiger partial charge in [-0.25, -0.2) is 8.42 Å². The summed E-state index contributed by atoms with van der Waals surface area (Å²) < 4.78 is 27.2. The molecule has 1 heterocycles. The second-order valence-electron chi connectivity index (χ2n) is 7.65. The van der Waals surface area contributed by atoms with E-state index in [1.807, 2.05) is 31.3 Å². The predicted octanol–water partition coefficient (Wildman–Crippen LogP) is 2.41. The van der Waals surface area contributed by atoms with E-state index in [9.17, 15) is 13.2 Å². The highest BCUT2D eigenvalue weighted by atomic mass is 35.5. The van der Waals surface area contributed by atoms with Crippen LogP contribution in [0.3, 0.4) is 0 Å². The molecule has 2 aromatic rings. The van der Waals surface area contributed by atoms with E-state index in [0.717, 1.165) is 30.0 Å². The topological polar surface area (TPSA) is 134 Å². The number of nitrogens with one attached hydrogen (secondary N) is 1. The molecule has 0 spiro atoms. The highest BCUT2D eigenvalue weighted by molar-refractivity contribution is 7.89. The summed E-state index contributed by atoms with van der Waals surface area (Å²) in [5, 5.41) is 3.24. The summed E-state index contributed by atoms with van der Waals surface area (Å²) >= 11 is 0. The third kappa shape index (κ3) is 7.71. The smallest absolute Gasteiger partial charge is 0.275 e. The fourth-order valence-electron chi connectivity index (χ4n) is 3.23. The molecule has 5 N–H and O–H groups in total. The van der Waals surface area contributed by atoms with Crippen molar-refractivity contribution in [1.82, 2.24) is 9.21 Å². The molecular weight excluding hydrogens is 499 g/mol. The van der Waals surface area contributed by atoms with Crippen molar-refractivity contribution >= 4 is 64.2 Å². The number of nitrogens with two attached hydrogens (primary N) is 2. The number of sulfonamides is 1. The highest BCUT2D eigenvalue weighted by Crippen LogP contribution is 2.22. The van der Waals surface area contributed by atoms with Crippen molar-refractivity contribution in [2.75, 3.05) is 38.5 Å². The molecular formula is C22H30Cl2N6O3S. The summed E-state index contributed by atoms with van der Waals surface area (Å²) in [6, 6.07) is 14.1. The third-order valence-electron chi connectivity index (χ3n) is 5.10. The minimum absolute atomic E-state index is 0. The molecule has 186 valence electrons. The van der Waals surface area contributed by atoms with E-state index in [-0.39, 0.29) is 35.7 Å². The van der Waals surface area contributed by atoms with Crippen molar-refractivity contribution in [2.45, 2.75) is 11.8 Å². The lowest BCUT2D eigenvalue weighted by atomic mass is 10.1. The van der Waals surface area contributed by atoms with Crippen LogP contribution in [0.15, 0.2) is 64.0 Å². The number of benzene rings is 2. The van der Waals surface area contributed by atoms with Crippen molar-refractivity contribution in [3.05, 3.63) is 59.7 Å². The number of carbonyl (C=O) groups excluding carboxylic acids is 1. The first kappa shape index (κ1) is 29.4. The van der Waals surface area contributed by atoms with E-state index in [1.165, 1.54) is 4.31 Å². The maximum Gasteiger partial charge on any atom is 0.275 e. The molecule has 0 unspecified atom stereocenters. The number of guanidine groups is 1. The number of nitrogens with zero attached hydrogens (tertiary/aromatic N) is 3. The quantitative estimate of drug-likeness (QED) is 0.297. The Bertz CT molecular complexity index is 1120. The zero-order valence-electron chi connectivity index (χ0n) is 19.0. The standard InChI is InChI=1S/C22H28N6O3S.2ClH/c1-16(21(29)26-22(23)24)15-17-3-5-18(6-4-17)25-19-7-9-20(10-8-19)32(30,31)28-13-11-27(2)12-14-28;;/h3-10,15,25H,11-14H2,1-2H3,(H4,23,24,26,29);2*1H/b16-15+;;. The average Bonchev–Trinajstić information content (AvgIpc) is 2.75. The second kappa shape index (κ2) is 12.7. The van der Waals surface area contributed by atoms with E-state index >= 15 is 0 Å². The van der Waals surface area contributed by atoms with Crippen molar-refractivity contribution in [3.8, 4) is 0 Å². The van der Waals surface area contributed by atoms with Gasteiger partial charge in [-0.1, -0.05) is 12.1 Å². The van der Waals surface area contributed by atoms with Gasteiger partial charge in [-0.3, -0.25) is 4.79 Å². The summed E-state index contributed by atoms with van der Waals surface area (Å²) in [7, 11) is -1.50. The number of rotatable bonds is 6. The maximum absolute atomic E-state index is 12.8. The highest BCUT2D eigenvalue weighted by Gasteiger charge is 2.27. The minimum atomic E-state index is -3.49. The van der Waals surface area contributed by atoms with Crippen LogP contribution in [0.4, 0.5) is 11.4 Å². The molecule has 0 bridgehead atoms. The minimum Gasteiger partial charge on any atom is -0.370 e. The number of carbonyl (C=O) groups is 1. The summed E-state index contributed by atoms with van der Waals surface area (Å²) in [5.74, 6) is -0.761. The number of aliphatic imine (C=N–C) groups is 1. The fourth-order valence-corrected chi connectivity index (χ4v) is 4.66. The lowest BCUT2D eigenvalue weighted by Crippen LogP contribution is -2.46. The fraction of sp³-hybridized carbons (Fsp3) is 0.273. The van der Waals surface area contributed by atoms with Crippen molar-refractivity contribution in [1.29, 1.82) is 0 Å². The van der Waals surface area contributed by atoms with Crippen molar-refractivity contribution in [3.63, 3.8) is 0 Å². The Morgan fingerprint density at radius 2 is 1.44 bits per heavy atom. The van der Waals surface area contributed by atoms with Gasteiger partial charge >= 0.3 is 0 Å². The molecule has 34 heavy (non-hydrogen) atoms. The van der Waals surface area contributed by atoms with E-state index in [0.29, 0.717) is 18.7 Å². The first-order valence-corrected chi connectivity index (χ1v) is 11.6. The molecule has 3 rings (SSSR count). The van der Waals surface area contributed by atoms with Crippen molar-refractivity contribution < 1.29 is 13.2 Å². The monoisotopic (exact) mass is 528 g/mol. The number of hydrogen-bond donors (Lipinski definition) is 3. The van der Waals surface area contributed by atoms with Crippen molar-refractivity contribution in [2.24, 2.45) is 16.5 Å². The molecule has 1 aliphatic rings. The van der Waals surface area contributed by atoms with Gasteiger partial charge in [0.1, 0.15) is 0 Å². The largest absolute Gasteiger partial charge is 0.370 e. The Morgan fingerprint density at radius 3 is 1.94 bits per heavy atom. The Morgan fingerprint density at radius 1 is 0.941 bits per heavy atom. The zero-order chi connectivity index (χ0) is 23.3. The van der Waals surface area contributed by atoms with Gasteiger partial charge in [0.15, 0.2) is 5.96 Å². The molecule has 0 saturated carbocycles. The Kier molecular flexibility index (Phi) is 11.0. The number of amides is 1. The van der Waals surface area contributed by atoms with Crippen LogP contribution >= 0.6 is 24.8 Å². The number of likely N-dealkylation sites (N-methyl/N-ethyl adjacent to an activating group) is 1. The van der Waals surface area contributed by atoms with Gasteiger partial charge < -0.3 is 21.7 Å². The van der Waals surface area contributed by atoms with Gasteiger partial charge in [-0.05, 0) is 62.0 Å².